The molecule has 3 aromatic rings. The van der Waals surface area contributed by atoms with Crippen molar-refractivity contribution in [2.24, 2.45) is 5.10 Å². The topological polar surface area (TPSA) is 95.9 Å². The first kappa shape index (κ1) is 23.0. The molecular weight excluding hydrogens is 458 g/mol. The Morgan fingerprint density at radius 3 is 2.09 bits per heavy atom. The second-order valence-electron chi connectivity index (χ2n) is 8.22. The van der Waals surface area contributed by atoms with Crippen LogP contribution < -0.4 is 4.72 Å². The third-order valence-electron chi connectivity index (χ3n) is 5.40. The van der Waals surface area contributed by atoms with Crippen LogP contribution in [0.2, 0.25) is 0 Å². The van der Waals surface area contributed by atoms with Gasteiger partial charge in [0.2, 0.25) is 10.0 Å². The maximum absolute atomic E-state index is 13.6. The molecule has 3 aromatic carbocycles. The third kappa shape index (κ3) is 5.09. The van der Waals surface area contributed by atoms with Gasteiger partial charge in [0.05, 0.1) is 22.9 Å². The summed E-state index contributed by atoms with van der Waals surface area (Å²) in [5.74, 6) is 0. The Labute approximate surface area is 194 Å². The van der Waals surface area contributed by atoms with Crippen LogP contribution in [0, 0.1) is 13.8 Å². The Morgan fingerprint density at radius 2 is 1.48 bits per heavy atom. The zero-order valence-corrected chi connectivity index (χ0v) is 20.2. The highest BCUT2D eigenvalue weighted by molar-refractivity contribution is 7.92. The molecule has 1 heterocycles. The van der Waals surface area contributed by atoms with E-state index in [4.69, 9.17) is 0 Å². The second kappa shape index (κ2) is 8.64. The van der Waals surface area contributed by atoms with E-state index in [-0.39, 0.29) is 4.90 Å². The fourth-order valence-electron chi connectivity index (χ4n) is 3.72. The van der Waals surface area contributed by atoms with Gasteiger partial charge in [0.25, 0.3) is 10.0 Å². The van der Waals surface area contributed by atoms with Crippen LogP contribution in [0.1, 0.15) is 34.7 Å². The highest BCUT2D eigenvalue weighted by Crippen LogP contribution is 2.37. The summed E-state index contributed by atoms with van der Waals surface area (Å²) in [5.41, 5.74) is 4.48. The minimum absolute atomic E-state index is 0.169. The lowest BCUT2D eigenvalue weighted by atomic mass is 9.98. The molecule has 4 rings (SSSR count). The molecule has 0 saturated heterocycles. The van der Waals surface area contributed by atoms with Crippen molar-refractivity contribution in [1.82, 2.24) is 4.41 Å². The van der Waals surface area contributed by atoms with Crippen molar-refractivity contribution in [2.75, 3.05) is 11.0 Å². The Bertz CT molecular complexity index is 1410. The van der Waals surface area contributed by atoms with Crippen LogP contribution in [0.4, 0.5) is 5.69 Å². The van der Waals surface area contributed by atoms with Crippen molar-refractivity contribution in [2.45, 2.75) is 31.2 Å². The highest BCUT2D eigenvalue weighted by Gasteiger charge is 2.37. The minimum atomic E-state index is -3.91. The zero-order valence-electron chi connectivity index (χ0n) is 18.6. The largest absolute Gasteiger partial charge is 0.284 e. The number of nitrogens with zero attached hydrogens (tertiary/aromatic N) is 2. The fourth-order valence-corrected chi connectivity index (χ4v) is 5.70. The van der Waals surface area contributed by atoms with E-state index < -0.39 is 26.1 Å². The average Bonchev–Trinajstić information content (AvgIpc) is 3.20. The van der Waals surface area contributed by atoms with Crippen LogP contribution in [-0.4, -0.2) is 33.2 Å². The number of sulfonamides is 2. The molecule has 7 nitrogen and oxygen atoms in total. The number of rotatable bonds is 6. The molecule has 0 amide bonds. The van der Waals surface area contributed by atoms with Crippen LogP contribution in [0.25, 0.3) is 0 Å². The smallest absolute Gasteiger partial charge is 0.279 e. The minimum Gasteiger partial charge on any atom is -0.284 e. The standard InChI is InChI=1S/C24H25N3O4S2/c1-17-7-11-19(12-8-17)24-16-23(20-5-4-6-21(15-20)26-32(3,28)29)25-27(24)33(30,31)22-13-9-18(2)10-14-22/h4-15,24,26H,16H2,1-3H3. The van der Waals surface area contributed by atoms with Crippen molar-refractivity contribution in [3.8, 4) is 0 Å². The van der Waals surface area contributed by atoms with Gasteiger partial charge in [-0.15, -0.1) is 0 Å². The van der Waals surface area contributed by atoms with Crippen molar-refractivity contribution in [3.05, 3.63) is 95.1 Å². The molecule has 1 atom stereocenters. The summed E-state index contributed by atoms with van der Waals surface area (Å²) in [5, 5.41) is 4.53. The number of aryl methyl sites for hydroxylation is 2. The first-order valence-corrected chi connectivity index (χ1v) is 13.7. The van der Waals surface area contributed by atoms with Crippen molar-refractivity contribution < 1.29 is 16.8 Å². The van der Waals surface area contributed by atoms with Gasteiger partial charge in [-0.05, 0) is 49.2 Å². The molecule has 0 radical (unpaired) electrons. The Hall–Kier alpha value is -3.17. The van der Waals surface area contributed by atoms with Crippen LogP contribution in [0.15, 0.2) is 82.8 Å². The summed E-state index contributed by atoms with van der Waals surface area (Å²) >= 11 is 0. The third-order valence-corrected chi connectivity index (χ3v) is 7.70. The summed E-state index contributed by atoms with van der Waals surface area (Å²) in [6.45, 7) is 3.87. The molecule has 0 saturated carbocycles. The molecule has 0 aliphatic carbocycles. The first-order valence-electron chi connectivity index (χ1n) is 10.4. The van der Waals surface area contributed by atoms with E-state index in [1.807, 2.05) is 38.1 Å². The van der Waals surface area contributed by atoms with E-state index in [1.165, 1.54) is 4.41 Å². The van der Waals surface area contributed by atoms with E-state index in [1.54, 1.807) is 48.5 Å². The lowest BCUT2D eigenvalue weighted by molar-refractivity contribution is 0.371. The Morgan fingerprint density at radius 1 is 0.879 bits per heavy atom. The number of anilines is 1. The molecule has 1 aliphatic rings. The van der Waals surface area contributed by atoms with Crippen LogP contribution in [0.3, 0.4) is 0 Å². The molecule has 1 aliphatic heterocycles. The molecule has 33 heavy (non-hydrogen) atoms. The molecule has 1 unspecified atom stereocenters. The van der Waals surface area contributed by atoms with Gasteiger partial charge in [-0.3, -0.25) is 4.72 Å². The van der Waals surface area contributed by atoms with E-state index in [9.17, 15) is 16.8 Å². The lowest BCUT2D eigenvalue weighted by Crippen LogP contribution is -2.27. The van der Waals surface area contributed by atoms with Gasteiger partial charge in [-0.25, -0.2) is 8.42 Å². The van der Waals surface area contributed by atoms with Crippen LogP contribution in [-0.2, 0) is 20.0 Å². The maximum atomic E-state index is 13.6. The normalized spacial score (nSPS) is 16.5. The number of benzene rings is 3. The van der Waals surface area contributed by atoms with E-state index in [2.05, 4.69) is 9.82 Å². The molecule has 0 fully saturated rings. The van der Waals surface area contributed by atoms with Gasteiger partial charge in [-0.2, -0.15) is 17.9 Å². The number of hydrazone groups is 1. The summed E-state index contributed by atoms with van der Waals surface area (Å²) < 4.78 is 54.0. The van der Waals surface area contributed by atoms with Gasteiger partial charge >= 0.3 is 0 Å². The van der Waals surface area contributed by atoms with Gasteiger partial charge in [0.15, 0.2) is 0 Å². The zero-order chi connectivity index (χ0) is 23.8. The van der Waals surface area contributed by atoms with E-state index >= 15 is 0 Å². The molecule has 0 bridgehead atoms. The van der Waals surface area contributed by atoms with Crippen LogP contribution in [0.5, 0.6) is 0 Å². The van der Waals surface area contributed by atoms with Gasteiger partial charge in [0, 0.05) is 12.1 Å². The Kier molecular flexibility index (Phi) is 6.02. The molecule has 9 heteroatoms. The summed E-state index contributed by atoms with van der Waals surface area (Å²) in [7, 11) is -7.35. The van der Waals surface area contributed by atoms with E-state index in [0.717, 1.165) is 22.9 Å². The predicted molar refractivity (Wildman–Crippen MR) is 130 cm³/mol. The van der Waals surface area contributed by atoms with Gasteiger partial charge < -0.3 is 0 Å². The van der Waals surface area contributed by atoms with Gasteiger partial charge in [-0.1, -0.05) is 59.7 Å². The second-order valence-corrected chi connectivity index (χ2v) is 11.8. The fraction of sp³-hybridized carbons (Fsp3) is 0.208. The van der Waals surface area contributed by atoms with Crippen LogP contribution >= 0.6 is 0 Å². The van der Waals surface area contributed by atoms with Crippen molar-refractivity contribution in [3.63, 3.8) is 0 Å². The highest BCUT2D eigenvalue weighted by atomic mass is 32.2. The van der Waals surface area contributed by atoms with E-state index in [0.29, 0.717) is 23.4 Å². The molecule has 0 aromatic heterocycles. The molecule has 0 spiro atoms. The average molecular weight is 484 g/mol. The number of hydrogen-bond donors (Lipinski definition) is 1. The maximum Gasteiger partial charge on any atom is 0.279 e. The number of nitrogens with one attached hydrogen (secondary N) is 1. The lowest BCUT2D eigenvalue weighted by Gasteiger charge is -2.23. The summed E-state index contributed by atoms with van der Waals surface area (Å²) in [6.07, 6.45) is 1.44. The molecule has 172 valence electrons. The molecular formula is C24H25N3O4S2. The van der Waals surface area contributed by atoms with Gasteiger partial charge in [0.1, 0.15) is 0 Å². The Balaban J connectivity index is 1.78. The monoisotopic (exact) mass is 483 g/mol. The SMILES string of the molecule is Cc1ccc(C2CC(c3cccc(NS(C)(=O)=O)c3)=NN2S(=O)(=O)c2ccc(C)cc2)cc1. The predicted octanol–water partition coefficient (Wildman–Crippen LogP) is 4.21. The van der Waals surface area contributed by atoms with Crippen molar-refractivity contribution in [1.29, 1.82) is 0 Å². The first-order chi connectivity index (χ1) is 15.5. The molecule has 1 N–H and O–H groups in total. The number of hydrogen-bond acceptors (Lipinski definition) is 5. The summed E-state index contributed by atoms with van der Waals surface area (Å²) in [4.78, 5) is 0.169. The summed E-state index contributed by atoms with van der Waals surface area (Å²) in [6, 6.07) is 20.7. The quantitative estimate of drug-likeness (QED) is 0.568. The van der Waals surface area contributed by atoms with Crippen molar-refractivity contribution >= 4 is 31.4 Å².